The van der Waals surface area contributed by atoms with E-state index in [0.29, 0.717) is 24.4 Å². The van der Waals surface area contributed by atoms with Gasteiger partial charge < -0.3 is 24.1 Å². The van der Waals surface area contributed by atoms with E-state index in [-0.39, 0.29) is 41.3 Å². The summed E-state index contributed by atoms with van der Waals surface area (Å²) in [6.45, 7) is 7.34. The number of carbonyl (C=O) groups excluding carboxylic acids is 2. The van der Waals surface area contributed by atoms with Crippen molar-refractivity contribution in [2.75, 3.05) is 20.3 Å². The number of esters is 2. The highest BCUT2D eigenvalue weighted by atomic mass is 16.6. The summed E-state index contributed by atoms with van der Waals surface area (Å²) in [5.74, 6) is 0.748. The van der Waals surface area contributed by atoms with Gasteiger partial charge in [-0.1, -0.05) is 26.8 Å². The van der Waals surface area contributed by atoms with Gasteiger partial charge in [-0.15, -0.1) is 0 Å². The van der Waals surface area contributed by atoms with Crippen molar-refractivity contribution in [3.8, 4) is 0 Å². The second-order valence-corrected chi connectivity index (χ2v) is 12.3. The monoisotopic (exact) mass is 470 g/mol. The zero-order chi connectivity index (χ0) is 23.8. The number of hydrogen-bond donors (Lipinski definition) is 1. The minimum absolute atomic E-state index is 0.0898. The number of ether oxygens (including phenoxy) is 4. The highest BCUT2D eigenvalue weighted by Gasteiger charge is 2.95. The SMILES string of the molecule is COC(=O)/C=C\CO[C@@H]1[C@@]2(C(C)C)O[C@H]2[C@@H]2C[C@]23[C@@]1(O)[C@H]1CC1[C@H]1C2=C(CC[C@@]13C)C(=O)OC2. The van der Waals surface area contributed by atoms with E-state index in [1.165, 1.54) is 18.8 Å². The lowest BCUT2D eigenvalue weighted by atomic mass is 9.44. The fraction of sp³-hybridized carbons (Fsp3) is 0.778. The minimum Gasteiger partial charge on any atom is -0.466 e. The molecule has 5 fully saturated rings. The topological polar surface area (TPSA) is 94.6 Å². The molecule has 0 aromatic rings. The molecule has 7 heteroatoms. The van der Waals surface area contributed by atoms with E-state index in [0.717, 1.165) is 31.3 Å². The van der Waals surface area contributed by atoms with E-state index in [2.05, 4.69) is 20.8 Å². The summed E-state index contributed by atoms with van der Waals surface area (Å²) in [7, 11) is 1.35. The summed E-state index contributed by atoms with van der Waals surface area (Å²) in [5.41, 5.74) is 0.261. The smallest absolute Gasteiger partial charge is 0.334 e. The maximum atomic E-state index is 12.9. The number of carbonyl (C=O) groups is 2. The Balaban J connectivity index is 1.30. The molecule has 1 N–H and O–H groups in total. The van der Waals surface area contributed by atoms with Gasteiger partial charge in [-0.2, -0.15) is 0 Å². The van der Waals surface area contributed by atoms with Gasteiger partial charge in [0.1, 0.15) is 23.9 Å². The standard InChI is InChI=1S/C27H34O7/c1-13(2)26-21(34-26)18-11-25(18)24(3)8-7-14-16(12-33-22(14)29)20(24)15-10-17(15)27(25,30)23(26)32-9-5-6-19(28)31-4/h5-6,13,15,17-18,20-21,23,30H,7-12H2,1-4H3/b6-5-/t15?,17-,18-,20-,21-,23+,24-,25-,26-,27+/m0/s1. The van der Waals surface area contributed by atoms with Crippen LogP contribution in [0.2, 0.25) is 0 Å². The van der Waals surface area contributed by atoms with Crippen LogP contribution in [0.5, 0.6) is 0 Å². The number of fused-ring (bicyclic) bond motifs is 7. The molecule has 0 bridgehead atoms. The van der Waals surface area contributed by atoms with Gasteiger partial charge in [0.15, 0.2) is 0 Å². The van der Waals surface area contributed by atoms with Crippen LogP contribution in [0.15, 0.2) is 23.3 Å². The molecule has 7 rings (SSSR count). The molecule has 7 nitrogen and oxygen atoms in total. The van der Waals surface area contributed by atoms with Gasteiger partial charge >= 0.3 is 11.9 Å². The first-order valence-corrected chi connectivity index (χ1v) is 12.8. The van der Waals surface area contributed by atoms with Gasteiger partial charge in [0.05, 0.1) is 19.8 Å². The number of epoxide rings is 1. The van der Waals surface area contributed by atoms with Crippen molar-refractivity contribution < 1.29 is 33.6 Å². The van der Waals surface area contributed by atoms with Crippen molar-refractivity contribution in [3.05, 3.63) is 23.3 Å². The number of aliphatic hydroxyl groups is 1. The van der Waals surface area contributed by atoms with Gasteiger partial charge in [-0.05, 0) is 66.3 Å². The Kier molecular flexibility index (Phi) is 4.03. The third kappa shape index (κ3) is 2.14. The zero-order valence-corrected chi connectivity index (χ0v) is 20.3. The Labute approximate surface area is 199 Å². The van der Waals surface area contributed by atoms with Crippen LogP contribution in [0.25, 0.3) is 0 Å². The van der Waals surface area contributed by atoms with Crippen LogP contribution in [-0.2, 0) is 28.5 Å². The molecule has 0 radical (unpaired) electrons. The maximum absolute atomic E-state index is 12.9. The summed E-state index contributed by atoms with van der Waals surface area (Å²) in [4.78, 5) is 23.9. The van der Waals surface area contributed by atoms with Gasteiger partial charge in [-0.25, -0.2) is 9.59 Å². The Morgan fingerprint density at radius 2 is 2.12 bits per heavy atom. The third-order valence-electron chi connectivity index (χ3n) is 11.1. The summed E-state index contributed by atoms with van der Waals surface area (Å²) < 4.78 is 23.3. The average molecular weight is 471 g/mol. The second kappa shape index (κ2) is 6.34. The Morgan fingerprint density at radius 1 is 1.32 bits per heavy atom. The molecule has 10 atom stereocenters. The molecule has 4 saturated carbocycles. The second-order valence-electron chi connectivity index (χ2n) is 12.3. The molecular weight excluding hydrogens is 436 g/mol. The molecule has 1 saturated heterocycles. The molecule has 184 valence electrons. The molecule has 5 aliphatic carbocycles. The molecule has 0 amide bonds. The Hall–Kier alpha value is -1.70. The fourth-order valence-corrected chi connectivity index (χ4v) is 9.75. The Bertz CT molecular complexity index is 1060. The van der Waals surface area contributed by atoms with Crippen molar-refractivity contribution in [3.63, 3.8) is 0 Å². The van der Waals surface area contributed by atoms with E-state index in [1.807, 2.05) is 0 Å². The largest absolute Gasteiger partial charge is 0.466 e. The predicted octanol–water partition coefficient (Wildman–Crippen LogP) is 2.56. The van der Waals surface area contributed by atoms with Crippen LogP contribution in [0.4, 0.5) is 0 Å². The molecular formula is C27H34O7. The number of cyclic esters (lactones) is 1. The van der Waals surface area contributed by atoms with Crippen LogP contribution >= 0.6 is 0 Å². The van der Waals surface area contributed by atoms with Gasteiger partial charge in [0.25, 0.3) is 0 Å². The first kappa shape index (κ1) is 21.6. The van der Waals surface area contributed by atoms with E-state index in [9.17, 15) is 14.7 Å². The molecule has 1 unspecified atom stereocenters. The van der Waals surface area contributed by atoms with Gasteiger partial charge in [-0.3, -0.25) is 0 Å². The maximum Gasteiger partial charge on any atom is 0.334 e. The Morgan fingerprint density at radius 3 is 2.85 bits per heavy atom. The molecule has 7 aliphatic rings. The zero-order valence-electron chi connectivity index (χ0n) is 20.3. The quantitative estimate of drug-likeness (QED) is 0.375. The molecule has 34 heavy (non-hydrogen) atoms. The third-order valence-corrected chi connectivity index (χ3v) is 11.1. The van der Waals surface area contributed by atoms with E-state index < -0.39 is 23.3 Å². The predicted molar refractivity (Wildman–Crippen MR) is 119 cm³/mol. The molecule has 0 aromatic heterocycles. The number of hydrogen-bond acceptors (Lipinski definition) is 7. The molecule has 2 aliphatic heterocycles. The fourth-order valence-electron chi connectivity index (χ4n) is 9.75. The lowest BCUT2D eigenvalue weighted by molar-refractivity contribution is -0.249. The highest BCUT2D eigenvalue weighted by Crippen LogP contribution is 2.90. The van der Waals surface area contributed by atoms with Crippen molar-refractivity contribution in [1.82, 2.24) is 0 Å². The van der Waals surface area contributed by atoms with Crippen LogP contribution in [0.3, 0.4) is 0 Å². The van der Waals surface area contributed by atoms with Crippen molar-refractivity contribution in [1.29, 1.82) is 0 Å². The van der Waals surface area contributed by atoms with E-state index in [4.69, 9.17) is 18.9 Å². The summed E-state index contributed by atoms with van der Waals surface area (Å²) in [6.07, 6.45) is 6.22. The van der Waals surface area contributed by atoms with E-state index >= 15 is 0 Å². The lowest BCUT2D eigenvalue weighted by Gasteiger charge is -2.62. The lowest BCUT2D eigenvalue weighted by Crippen LogP contribution is -2.71. The first-order chi connectivity index (χ1) is 16.2. The van der Waals surface area contributed by atoms with E-state index in [1.54, 1.807) is 6.08 Å². The molecule has 0 aromatic carbocycles. The molecule has 1 spiro atoms. The summed E-state index contributed by atoms with van der Waals surface area (Å²) in [6, 6.07) is 0. The number of rotatable bonds is 5. The van der Waals surface area contributed by atoms with Crippen molar-refractivity contribution in [2.24, 2.45) is 40.4 Å². The summed E-state index contributed by atoms with van der Waals surface area (Å²) in [5, 5.41) is 12.9. The number of methoxy groups -OCH3 is 1. The van der Waals surface area contributed by atoms with Crippen molar-refractivity contribution in [2.45, 2.75) is 69.9 Å². The summed E-state index contributed by atoms with van der Waals surface area (Å²) >= 11 is 0. The van der Waals surface area contributed by atoms with Gasteiger partial charge in [0, 0.05) is 17.1 Å². The van der Waals surface area contributed by atoms with Crippen LogP contribution in [-0.4, -0.2) is 60.8 Å². The van der Waals surface area contributed by atoms with Gasteiger partial charge in [0.2, 0.25) is 0 Å². The minimum atomic E-state index is -0.981. The van der Waals surface area contributed by atoms with Crippen LogP contribution in [0.1, 0.15) is 46.5 Å². The highest BCUT2D eigenvalue weighted by molar-refractivity contribution is 5.92. The molecule has 2 heterocycles. The first-order valence-electron chi connectivity index (χ1n) is 12.8. The normalized spacial score (nSPS) is 53.3. The van der Waals surface area contributed by atoms with Crippen LogP contribution < -0.4 is 0 Å². The average Bonchev–Trinajstić information content (AvgIpc) is 3.69. The van der Waals surface area contributed by atoms with Crippen molar-refractivity contribution >= 4 is 11.9 Å². The van der Waals surface area contributed by atoms with Crippen LogP contribution in [0, 0.1) is 40.4 Å².